The van der Waals surface area contributed by atoms with Crippen molar-refractivity contribution >= 4 is 50.5 Å². The Bertz CT molecular complexity index is 396. The molecule has 200 valence electrons. The van der Waals surface area contributed by atoms with Crippen LogP contribution < -0.4 is 0 Å². The highest BCUT2D eigenvalue weighted by Crippen LogP contribution is 2.33. The van der Waals surface area contributed by atoms with E-state index in [9.17, 15) is 0 Å². The van der Waals surface area contributed by atoms with Crippen LogP contribution in [0.3, 0.4) is 0 Å². The Kier molecular flexibility index (Phi) is 27.2. The summed E-state index contributed by atoms with van der Waals surface area (Å²) in [5.41, 5.74) is 0. The minimum Gasteiger partial charge on any atom is -0.381 e. The van der Waals surface area contributed by atoms with E-state index in [-0.39, 0.29) is 6.79 Å². The van der Waals surface area contributed by atoms with Crippen LogP contribution in [0.25, 0.3) is 0 Å². The van der Waals surface area contributed by atoms with Crippen LogP contribution in [-0.2, 0) is 23.7 Å². The molecule has 9 heteroatoms. The van der Waals surface area contributed by atoms with Gasteiger partial charge in [0, 0.05) is 38.8 Å². The van der Waals surface area contributed by atoms with Gasteiger partial charge < -0.3 is 23.7 Å². The fraction of sp³-hybridized carbons (Fsp3) is 1.00. The molecule has 33 heavy (non-hydrogen) atoms. The molecule has 0 bridgehead atoms. The first-order chi connectivity index (χ1) is 16.2. The number of hydrogen-bond acceptors (Lipinski definition) is 9. The summed E-state index contributed by atoms with van der Waals surface area (Å²) in [4.78, 5) is 0. The highest BCUT2D eigenvalue weighted by Gasteiger charge is 2.34. The van der Waals surface area contributed by atoms with Crippen molar-refractivity contribution in [2.45, 2.75) is 46.0 Å². The molecule has 0 radical (unpaired) electrons. The van der Waals surface area contributed by atoms with Gasteiger partial charge in [-0.25, -0.2) is 0 Å². The molecular formula is C24H50O5S4. The van der Waals surface area contributed by atoms with E-state index in [2.05, 4.69) is 64.4 Å². The Hall–Kier alpha value is 1.20. The topological polar surface area (TPSA) is 46.2 Å². The first kappa shape index (κ1) is 34.2. The van der Waals surface area contributed by atoms with Crippen LogP contribution in [0.2, 0.25) is 0 Å². The van der Waals surface area contributed by atoms with Crippen molar-refractivity contribution in [1.82, 2.24) is 0 Å². The van der Waals surface area contributed by atoms with E-state index in [1.165, 1.54) is 0 Å². The van der Waals surface area contributed by atoms with E-state index in [1.807, 2.05) is 0 Å². The molecule has 0 aromatic rings. The van der Waals surface area contributed by atoms with Crippen LogP contribution in [0.15, 0.2) is 0 Å². The fourth-order valence-corrected chi connectivity index (χ4v) is 4.38. The van der Waals surface area contributed by atoms with Gasteiger partial charge in [0.05, 0.1) is 19.8 Å². The lowest BCUT2D eigenvalue weighted by Gasteiger charge is -2.37. The van der Waals surface area contributed by atoms with Gasteiger partial charge in [0.15, 0.2) is 0 Å². The Labute approximate surface area is 225 Å². The summed E-state index contributed by atoms with van der Waals surface area (Å²) in [6.45, 7) is 10.3. The van der Waals surface area contributed by atoms with E-state index in [0.29, 0.717) is 49.2 Å². The molecule has 0 saturated carbocycles. The Morgan fingerprint density at radius 2 is 0.909 bits per heavy atom. The first-order valence-corrected chi connectivity index (χ1v) is 15.0. The van der Waals surface area contributed by atoms with Crippen LogP contribution in [-0.4, -0.2) is 82.7 Å². The molecule has 0 N–H and O–H groups in total. The lowest BCUT2D eigenvalue weighted by Crippen LogP contribution is -2.39. The third-order valence-electron chi connectivity index (χ3n) is 5.84. The molecular weight excluding hydrogens is 497 g/mol. The van der Waals surface area contributed by atoms with Crippen LogP contribution in [0.5, 0.6) is 0 Å². The van der Waals surface area contributed by atoms with Crippen molar-refractivity contribution < 1.29 is 23.7 Å². The molecule has 0 aliphatic rings. The van der Waals surface area contributed by atoms with Gasteiger partial charge in [-0.05, 0) is 60.2 Å². The molecule has 0 fully saturated rings. The molecule has 0 rings (SSSR count). The normalized spacial score (nSPS) is 15.5. The first-order valence-electron chi connectivity index (χ1n) is 12.5. The zero-order chi connectivity index (χ0) is 24.6. The summed E-state index contributed by atoms with van der Waals surface area (Å²) < 4.78 is 29.8. The predicted octanol–water partition coefficient (Wildman–Crippen LogP) is 5.20. The van der Waals surface area contributed by atoms with Crippen molar-refractivity contribution in [3.8, 4) is 0 Å². The number of rotatable bonds is 26. The molecule has 0 aliphatic heterocycles. The SMILES string of the molecule is CCC(COCCCS)C(COCCCS)C(COCOCCS)C(CC)COCCCS. The third kappa shape index (κ3) is 18.1. The van der Waals surface area contributed by atoms with Crippen LogP contribution in [0, 0.1) is 23.7 Å². The van der Waals surface area contributed by atoms with E-state index < -0.39 is 0 Å². The molecule has 0 aromatic heterocycles. The minimum atomic E-state index is 0.288. The minimum absolute atomic E-state index is 0.288. The van der Waals surface area contributed by atoms with Gasteiger partial charge in [0.2, 0.25) is 0 Å². The van der Waals surface area contributed by atoms with E-state index in [4.69, 9.17) is 23.7 Å². The standard InChI is InChI=1S/C24H50O5S4/c1-3-21(16-25-8-5-12-30)23(18-27-10-7-14-32)24(19-29-20-28-11-15-33)22(4-2)17-26-9-6-13-31/h21-24,30-33H,3-20H2,1-2H3. The fourth-order valence-electron chi connectivity index (χ4n) is 3.86. The lowest BCUT2D eigenvalue weighted by atomic mass is 9.74. The average Bonchev–Trinajstić information content (AvgIpc) is 2.83. The summed E-state index contributed by atoms with van der Waals surface area (Å²) in [5.74, 6) is 4.58. The van der Waals surface area contributed by atoms with Gasteiger partial charge in [0.25, 0.3) is 0 Å². The van der Waals surface area contributed by atoms with Crippen molar-refractivity contribution in [3.63, 3.8) is 0 Å². The number of ether oxygens (including phenoxy) is 5. The van der Waals surface area contributed by atoms with E-state index >= 15 is 0 Å². The van der Waals surface area contributed by atoms with Gasteiger partial charge in [-0.3, -0.25) is 0 Å². The Morgan fingerprint density at radius 1 is 0.485 bits per heavy atom. The van der Waals surface area contributed by atoms with Gasteiger partial charge >= 0.3 is 0 Å². The maximum Gasteiger partial charge on any atom is 0.146 e. The second kappa shape index (κ2) is 26.3. The molecule has 4 atom stereocenters. The maximum absolute atomic E-state index is 6.15. The van der Waals surface area contributed by atoms with Gasteiger partial charge in [-0.1, -0.05) is 26.7 Å². The Morgan fingerprint density at radius 3 is 1.30 bits per heavy atom. The average molecular weight is 547 g/mol. The molecule has 0 aromatic carbocycles. The van der Waals surface area contributed by atoms with Gasteiger partial charge in [-0.15, -0.1) is 0 Å². The smallest absolute Gasteiger partial charge is 0.146 e. The van der Waals surface area contributed by atoms with Crippen molar-refractivity contribution in [1.29, 1.82) is 0 Å². The van der Waals surface area contributed by atoms with Crippen molar-refractivity contribution in [3.05, 3.63) is 0 Å². The van der Waals surface area contributed by atoms with Gasteiger partial charge in [0.1, 0.15) is 6.79 Å². The number of thiol groups is 4. The third-order valence-corrected chi connectivity index (χ3v) is 6.97. The molecule has 0 spiro atoms. The lowest BCUT2D eigenvalue weighted by molar-refractivity contribution is -0.0963. The molecule has 0 saturated heterocycles. The van der Waals surface area contributed by atoms with Crippen LogP contribution >= 0.6 is 50.5 Å². The summed E-state index contributed by atoms with van der Waals surface area (Å²) in [6, 6.07) is 0. The molecule has 0 aliphatic carbocycles. The summed E-state index contributed by atoms with van der Waals surface area (Å²) in [5, 5.41) is 0. The van der Waals surface area contributed by atoms with Crippen LogP contribution in [0.1, 0.15) is 46.0 Å². The van der Waals surface area contributed by atoms with E-state index in [1.54, 1.807) is 0 Å². The highest BCUT2D eigenvalue weighted by molar-refractivity contribution is 7.80. The monoisotopic (exact) mass is 546 g/mol. The maximum atomic E-state index is 6.15. The zero-order valence-corrected chi connectivity index (χ0v) is 24.4. The molecule has 0 amide bonds. The van der Waals surface area contributed by atoms with Gasteiger partial charge in [-0.2, -0.15) is 50.5 Å². The Balaban J connectivity index is 5.40. The van der Waals surface area contributed by atoms with E-state index in [0.717, 1.165) is 82.4 Å². The second-order valence-electron chi connectivity index (χ2n) is 8.24. The van der Waals surface area contributed by atoms with Crippen molar-refractivity contribution in [2.75, 3.05) is 82.7 Å². The summed E-state index contributed by atoms with van der Waals surface area (Å²) in [6.07, 6.45) is 4.94. The molecule has 0 heterocycles. The number of hydrogen-bond donors (Lipinski definition) is 4. The predicted molar refractivity (Wildman–Crippen MR) is 153 cm³/mol. The molecule has 5 nitrogen and oxygen atoms in total. The van der Waals surface area contributed by atoms with Crippen LogP contribution in [0.4, 0.5) is 0 Å². The summed E-state index contributed by atoms with van der Waals surface area (Å²) >= 11 is 17.1. The molecule has 4 unspecified atom stereocenters. The summed E-state index contributed by atoms with van der Waals surface area (Å²) in [7, 11) is 0. The van der Waals surface area contributed by atoms with Crippen molar-refractivity contribution in [2.24, 2.45) is 23.7 Å². The highest BCUT2D eigenvalue weighted by atomic mass is 32.1. The quantitative estimate of drug-likeness (QED) is 0.0682. The zero-order valence-electron chi connectivity index (χ0n) is 20.9. The second-order valence-corrected chi connectivity index (χ2v) is 10.0. The largest absolute Gasteiger partial charge is 0.381 e.